The lowest BCUT2D eigenvalue weighted by Gasteiger charge is -2.25. The second-order valence-electron chi connectivity index (χ2n) is 7.64. The first-order valence-corrected chi connectivity index (χ1v) is 10.1. The average molecular weight is 456 g/mol. The lowest BCUT2D eigenvalue weighted by molar-refractivity contribution is -0.134. The standard InChI is InChI=1S/C23H22F2N4O4/c1-15-4-8-17(9-5-15)28(13-3-12-26)19(30)14-29-20(31)23(2,27-22(29)32)16-6-10-18(11-7-16)33-21(24)25/h4-11,21H,3,13-14H2,1-2H3,(H,27,32). The number of nitrogens with one attached hydrogen (secondary N) is 1. The molecule has 10 heteroatoms. The van der Waals surface area contributed by atoms with E-state index in [1.807, 2.05) is 25.1 Å². The van der Waals surface area contributed by atoms with Gasteiger partial charge < -0.3 is 15.0 Å². The van der Waals surface area contributed by atoms with Gasteiger partial charge in [-0.3, -0.25) is 14.5 Å². The first-order valence-electron chi connectivity index (χ1n) is 10.1. The molecule has 1 fully saturated rings. The van der Waals surface area contributed by atoms with Crippen molar-refractivity contribution in [2.75, 3.05) is 18.0 Å². The van der Waals surface area contributed by atoms with Crippen LogP contribution in [0.5, 0.6) is 5.75 Å². The molecule has 0 saturated carbocycles. The van der Waals surface area contributed by atoms with E-state index in [0.717, 1.165) is 10.5 Å². The van der Waals surface area contributed by atoms with Gasteiger partial charge in [0, 0.05) is 12.2 Å². The molecule has 0 bridgehead atoms. The number of hydrogen-bond acceptors (Lipinski definition) is 5. The van der Waals surface area contributed by atoms with E-state index >= 15 is 0 Å². The summed E-state index contributed by atoms with van der Waals surface area (Å²) in [5.74, 6) is -1.28. The van der Waals surface area contributed by atoms with E-state index in [0.29, 0.717) is 11.3 Å². The number of hydrogen-bond donors (Lipinski definition) is 1. The molecular weight excluding hydrogens is 434 g/mol. The van der Waals surface area contributed by atoms with Crippen molar-refractivity contribution in [2.45, 2.75) is 32.4 Å². The molecule has 0 aliphatic carbocycles. The molecule has 4 amide bonds. The molecule has 1 N–H and O–H groups in total. The number of anilines is 1. The van der Waals surface area contributed by atoms with Gasteiger partial charge in [-0.2, -0.15) is 14.0 Å². The van der Waals surface area contributed by atoms with Crippen molar-refractivity contribution in [3.05, 3.63) is 59.7 Å². The number of benzene rings is 2. The molecule has 1 aliphatic rings. The van der Waals surface area contributed by atoms with Crippen LogP contribution in [0.25, 0.3) is 0 Å². The number of urea groups is 1. The number of alkyl halides is 2. The van der Waals surface area contributed by atoms with Crippen LogP contribution in [-0.2, 0) is 15.1 Å². The van der Waals surface area contributed by atoms with Crippen LogP contribution < -0.4 is 15.0 Å². The minimum Gasteiger partial charge on any atom is -0.435 e. The zero-order chi connectivity index (χ0) is 24.2. The normalized spacial score (nSPS) is 17.6. The number of carbonyl (C=O) groups excluding carboxylic acids is 3. The molecule has 1 aliphatic heterocycles. The highest BCUT2D eigenvalue weighted by molar-refractivity contribution is 6.10. The molecule has 1 atom stereocenters. The summed E-state index contributed by atoms with van der Waals surface area (Å²) in [4.78, 5) is 40.9. The van der Waals surface area contributed by atoms with Crippen LogP contribution in [-0.4, -0.2) is 42.4 Å². The number of amides is 4. The number of ether oxygens (including phenoxy) is 1. The second-order valence-corrected chi connectivity index (χ2v) is 7.64. The van der Waals surface area contributed by atoms with Crippen LogP contribution >= 0.6 is 0 Å². The molecule has 1 saturated heterocycles. The van der Waals surface area contributed by atoms with Crippen molar-refractivity contribution in [3.63, 3.8) is 0 Å². The number of nitrogens with zero attached hydrogens (tertiary/aromatic N) is 3. The van der Waals surface area contributed by atoms with E-state index in [2.05, 4.69) is 10.1 Å². The minimum atomic E-state index is -2.99. The number of imide groups is 1. The first kappa shape index (κ1) is 23.7. The lowest BCUT2D eigenvalue weighted by Crippen LogP contribution is -2.45. The van der Waals surface area contributed by atoms with Crippen molar-refractivity contribution in [1.29, 1.82) is 5.26 Å². The predicted octanol–water partition coefficient (Wildman–Crippen LogP) is 3.31. The molecule has 2 aromatic rings. The minimum absolute atomic E-state index is 0.0739. The predicted molar refractivity (Wildman–Crippen MR) is 114 cm³/mol. The number of halogens is 2. The van der Waals surface area contributed by atoms with Crippen molar-refractivity contribution in [3.8, 4) is 11.8 Å². The summed E-state index contributed by atoms with van der Waals surface area (Å²) in [6, 6.07) is 13.6. The Morgan fingerprint density at radius 2 is 1.82 bits per heavy atom. The fraction of sp³-hybridized carbons (Fsp3) is 0.304. The summed E-state index contributed by atoms with van der Waals surface area (Å²) in [5, 5.41) is 11.5. The highest BCUT2D eigenvalue weighted by Gasteiger charge is 2.49. The summed E-state index contributed by atoms with van der Waals surface area (Å²) < 4.78 is 29.1. The Bertz CT molecular complexity index is 1080. The molecule has 8 nitrogen and oxygen atoms in total. The third-order valence-corrected chi connectivity index (χ3v) is 5.32. The molecule has 2 aromatic carbocycles. The number of carbonyl (C=O) groups is 3. The van der Waals surface area contributed by atoms with E-state index in [1.54, 1.807) is 12.1 Å². The first-order chi connectivity index (χ1) is 15.7. The molecule has 0 aromatic heterocycles. The Morgan fingerprint density at radius 1 is 1.18 bits per heavy atom. The molecule has 3 rings (SSSR count). The Hall–Kier alpha value is -4.00. The third-order valence-electron chi connectivity index (χ3n) is 5.32. The van der Waals surface area contributed by atoms with Gasteiger partial charge in [0.25, 0.3) is 5.91 Å². The lowest BCUT2D eigenvalue weighted by atomic mass is 9.92. The summed E-state index contributed by atoms with van der Waals surface area (Å²) >= 11 is 0. The maximum absolute atomic E-state index is 13.1. The maximum atomic E-state index is 13.1. The summed E-state index contributed by atoms with van der Waals surface area (Å²) in [5.41, 5.74) is 0.394. The Labute approximate surface area is 189 Å². The Balaban J connectivity index is 1.79. The SMILES string of the molecule is Cc1ccc(N(CCC#N)C(=O)CN2C(=O)NC(C)(c3ccc(OC(F)F)cc3)C2=O)cc1. The van der Waals surface area contributed by atoms with E-state index in [-0.39, 0.29) is 18.7 Å². The van der Waals surface area contributed by atoms with Gasteiger partial charge in [-0.15, -0.1) is 0 Å². The van der Waals surface area contributed by atoms with Gasteiger partial charge in [-0.05, 0) is 43.7 Å². The number of aryl methyl sites for hydroxylation is 1. The van der Waals surface area contributed by atoms with Gasteiger partial charge in [-0.1, -0.05) is 29.8 Å². The molecule has 1 unspecified atom stereocenters. The van der Waals surface area contributed by atoms with Crippen LogP contribution in [0.3, 0.4) is 0 Å². The topological polar surface area (TPSA) is 103 Å². The highest BCUT2D eigenvalue weighted by Crippen LogP contribution is 2.30. The van der Waals surface area contributed by atoms with Crippen molar-refractivity contribution < 1.29 is 27.9 Å². The Morgan fingerprint density at radius 3 is 2.39 bits per heavy atom. The fourth-order valence-corrected chi connectivity index (χ4v) is 3.51. The summed E-state index contributed by atoms with van der Waals surface area (Å²) in [6.45, 7) is -0.0466. The zero-order valence-electron chi connectivity index (χ0n) is 18.0. The smallest absolute Gasteiger partial charge is 0.387 e. The zero-order valence-corrected chi connectivity index (χ0v) is 18.0. The van der Waals surface area contributed by atoms with Gasteiger partial charge in [0.2, 0.25) is 5.91 Å². The third kappa shape index (κ3) is 5.09. The van der Waals surface area contributed by atoms with Crippen LogP contribution in [0.4, 0.5) is 19.3 Å². The molecule has 172 valence electrons. The molecule has 0 radical (unpaired) electrons. The second kappa shape index (κ2) is 9.65. The average Bonchev–Trinajstić information content (AvgIpc) is 2.99. The van der Waals surface area contributed by atoms with Gasteiger partial charge in [0.15, 0.2) is 0 Å². The summed E-state index contributed by atoms with van der Waals surface area (Å²) in [6.07, 6.45) is 0.0739. The number of rotatable bonds is 8. The highest BCUT2D eigenvalue weighted by atomic mass is 19.3. The van der Waals surface area contributed by atoms with Crippen molar-refractivity contribution in [1.82, 2.24) is 10.2 Å². The molecule has 33 heavy (non-hydrogen) atoms. The van der Waals surface area contributed by atoms with Crippen LogP contribution in [0.15, 0.2) is 48.5 Å². The van der Waals surface area contributed by atoms with E-state index in [9.17, 15) is 23.2 Å². The van der Waals surface area contributed by atoms with Gasteiger partial charge in [0.05, 0.1) is 12.5 Å². The van der Waals surface area contributed by atoms with E-state index in [1.165, 1.54) is 36.1 Å². The number of nitriles is 1. The van der Waals surface area contributed by atoms with E-state index < -0.39 is 36.5 Å². The van der Waals surface area contributed by atoms with E-state index in [4.69, 9.17) is 5.26 Å². The van der Waals surface area contributed by atoms with Crippen LogP contribution in [0, 0.1) is 18.3 Å². The van der Waals surface area contributed by atoms with Crippen molar-refractivity contribution >= 4 is 23.5 Å². The Kier molecular flexibility index (Phi) is 6.92. The molecular formula is C23H22F2N4O4. The van der Waals surface area contributed by atoms with Gasteiger partial charge >= 0.3 is 12.6 Å². The molecule has 1 heterocycles. The maximum Gasteiger partial charge on any atom is 0.387 e. The fourth-order valence-electron chi connectivity index (χ4n) is 3.51. The monoisotopic (exact) mass is 456 g/mol. The van der Waals surface area contributed by atoms with Gasteiger partial charge in [0.1, 0.15) is 17.8 Å². The van der Waals surface area contributed by atoms with Crippen LogP contribution in [0.1, 0.15) is 24.5 Å². The quantitative estimate of drug-likeness (QED) is 0.614. The summed E-state index contributed by atoms with van der Waals surface area (Å²) in [7, 11) is 0. The molecule has 0 spiro atoms. The van der Waals surface area contributed by atoms with Gasteiger partial charge in [-0.25, -0.2) is 4.79 Å². The largest absolute Gasteiger partial charge is 0.435 e. The van der Waals surface area contributed by atoms with Crippen molar-refractivity contribution in [2.24, 2.45) is 0 Å². The van der Waals surface area contributed by atoms with Crippen LogP contribution in [0.2, 0.25) is 0 Å².